The van der Waals surface area contributed by atoms with Crippen LogP contribution in [0.25, 0.3) is 0 Å². The molecule has 4 nitrogen and oxygen atoms in total. The third-order valence-corrected chi connectivity index (χ3v) is 10.7. The molecule has 6 atom stereocenters. The fraction of sp³-hybridized carbons (Fsp3) is 1.00. The van der Waals surface area contributed by atoms with Gasteiger partial charge in [-0.2, -0.15) is 0 Å². The predicted molar refractivity (Wildman–Crippen MR) is 111 cm³/mol. The van der Waals surface area contributed by atoms with Crippen LogP contribution in [-0.4, -0.2) is 36.7 Å². The summed E-state index contributed by atoms with van der Waals surface area (Å²) in [6, 6.07) is 0.0875. The van der Waals surface area contributed by atoms with E-state index in [2.05, 4.69) is 13.8 Å². The molecule has 3 N–H and O–H groups in total. The Bertz CT molecular complexity index is 586. The summed E-state index contributed by atoms with van der Waals surface area (Å²) in [4.78, 5) is 0. The molecule has 0 aromatic rings. The number of aliphatic hydroxyl groups is 1. The summed E-state index contributed by atoms with van der Waals surface area (Å²) in [5.74, 6) is 0.798. The highest BCUT2D eigenvalue weighted by Crippen LogP contribution is 2.52. The Morgan fingerprint density at radius 2 is 1.78 bits per heavy atom. The maximum Gasteiger partial charge on any atom is 0.154 e. The van der Waals surface area contributed by atoms with E-state index < -0.39 is 21.4 Å². The lowest BCUT2D eigenvalue weighted by Gasteiger charge is -2.46. The van der Waals surface area contributed by atoms with Crippen LogP contribution in [0.2, 0.25) is 0 Å². The Hall–Kier alpha value is -0.130. The number of nitrogens with two attached hydrogens (primary N) is 1. The first-order valence-electron chi connectivity index (χ1n) is 11.5. The Morgan fingerprint density at radius 1 is 1.07 bits per heavy atom. The molecular weight excluding hydrogens is 358 g/mol. The topological polar surface area (TPSA) is 80.4 Å². The third-order valence-electron chi connectivity index (χ3n) is 8.24. The summed E-state index contributed by atoms with van der Waals surface area (Å²) in [6.45, 7) is 4.24. The fourth-order valence-electron chi connectivity index (χ4n) is 6.66. The number of rotatable bonds is 5. The molecule has 158 valence electrons. The Balaban J connectivity index is 2.05. The smallest absolute Gasteiger partial charge is 0.154 e. The van der Waals surface area contributed by atoms with E-state index in [1.54, 1.807) is 0 Å². The standard InChI is InChI=1S/C22H41NO3S/c1-3-5-13-22(4-2)15-27(25,26)19-12-11-17(23)14-18(19)20(21(22)24)16-9-7-6-8-10-16/h16-21,24H,3-15,23H2,1-2H3/t17?,18?,19?,20-,21-,22-/m1/s1. The summed E-state index contributed by atoms with van der Waals surface area (Å²) >= 11 is 0. The molecule has 0 spiro atoms. The molecule has 1 heterocycles. The zero-order valence-corrected chi connectivity index (χ0v) is 18.2. The van der Waals surface area contributed by atoms with Crippen molar-refractivity contribution in [3.05, 3.63) is 0 Å². The van der Waals surface area contributed by atoms with Crippen LogP contribution in [0.3, 0.4) is 0 Å². The second-order valence-corrected chi connectivity index (χ2v) is 12.0. The van der Waals surface area contributed by atoms with Gasteiger partial charge in [0.15, 0.2) is 9.84 Å². The molecule has 3 fully saturated rings. The number of unbranched alkanes of at least 4 members (excludes halogenated alkanes) is 1. The van der Waals surface area contributed by atoms with Crippen molar-refractivity contribution in [2.24, 2.45) is 28.9 Å². The molecule has 3 rings (SSSR count). The van der Waals surface area contributed by atoms with Crippen molar-refractivity contribution in [3.63, 3.8) is 0 Å². The average Bonchev–Trinajstić information content (AvgIpc) is 2.72. The third kappa shape index (κ3) is 4.25. The summed E-state index contributed by atoms with van der Waals surface area (Å²) < 4.78 is 27.0. The molecule has 0 amide bonds. The molecule has 27 heavy (non-hydrogen) atoms. The molecule has 3 unspecified atom stereocenters. The lowest BCUT2D eigenvalue weighted by molar-refractivity contribution is -0.0646. The minimum absolute atomic E-state index is 0.0481. The fourth-order valence-corrected chi connectivity index (χ4v) is 9.52. The number of hydrogen-bond donors (Lipinski definition) is 2. The van der Waals surface area contributed by atoms with Gasteiger partial charge in [0.1, 0.15) is 0 Å². The normalized spacial score (nSPS) is 43.0. The molecule has 2 saturated carbocycles. The van der Waals surface area contributed by atoms with Crippen LogP contribution in [0.15, 0.2) is 0 Å². The zero-order valence-electron chi connectivity index (χ0n) is 17.4. The second kappa shape index (κ2) is 8.71. The SMILES string of the molecule is CCCC[C@]1(CC)CS(=O)(=O)C2CCC(N)CC2[C@@H](C2CCCCC2)[C@H]1O. The predicted octanol–water partition coefficient (Wildman–Crippen LogP) is 4.05. The first kappa shape index (κ1) is 21.6. The summed E-state index contributed by atoms with van der Waals surface area (Å²) in [6.07, 6.45) is 11.4. The zero-order chi connectivity index (χ0) is 19.7. The lowest BCUT2D eigenvalue weighted by atomic mass is 9.60. The minimum Gasteiger partial charge on any atom is -0.392 e. The molecular formula is C22H41NO3S. The molecule has 0 aromatic heterocycles. The summed E-state index contributed by atoms with van der Waals surface area (Å²) in [5, 5.41) is 11.5. The summed E-state index contributed by atoms with van der Waals surface area (Å²) in [7, 11) is -3.21. The number of aliphatic hydroxyl groups excluding tert-OH is 1. The van der Waals surface area contributed by atoms with Gasteiger partial charge in [-0.05, 0) is 49.9 Å². The van der Waals surface area contributed by atoms with Gasteiger partial charge in [-0.25, -0.2) is 8.42 Å². The molecule has 1 aliphatic heterocycles. The van der Waals surface area contributed by atoms with Crippen molar-refractivity contribution in [3.8, 4) is 0 Å². The van der Waals surface area contributed by atoms with Crippen LogP contribution in [0, 0.1) is 23.2 Å². The monoisotopic (exact) mass is 399 g/mol. The maximum atomic E-state index is 13.5. The first-order valence-corrected chi connectivity index (χ1v) is 13.2. The van der Waals surface area contributed by atoms with E-state index in [9.17, 15) is 13.5 Å². The van der Waals surface area contributed by atoms with Gasteiger partial charge in [-0.1, -0.05) is 58.8 Å². The van der Waals surface area contributed by atoms with E-state index in [0.717, 1.165) is 51.4 Å². The van der Waals surface area contributed by atoms with Crippen molar-refractivity contribution in [1.82, 2.24) is 0 Å². The van der Waals surface area contributed by atoms with Gasteiger partial charge in [0.2, 0.25) is 0 Å². The number of hydrogen-bond acceptors (Lipinski definition) is 4. The van der Waals surface area contributed by atoms with Crippen molar-refractivity contribution >= 4 is 9.84 Å². The average molecular weight is 400 g/mol. The lowest BCUT2D eigenvalue weighted by Crippen LogP contribution is -2.49. The van der Waals surface area contributed by atoms with E-state index in [0.29, 0.717) is 12.3 Å². The van der Waals surface area contributed by atoms with Crippen molar-refractivity contribution in [2.45, 2.75) is 108 Å². The minimum atomic E-state index is -3.21. The summed E-state index contributed by atoms with van der Waals surface area (Å²) in [5.41, 5.74) is 5.85. The van der Waals surface area contributed by atoms with Crippen molar-refractivity contribution < 1.29 is 13.5 Å². The van der Waals surface area contributed by atoms with Gasteiger partial charge in [0.25, 0.3) is 0 Å². The van der Waals surface area contributed by atoms with E-state index in [-0.39, 0.29) is 28.9 Å². The van der Waals surface area contributed by atoms with Crippen LogP contribution in [-0.2, 0) is 9.84 Å². The Kier molecular flexibility index (Phi) is 6.96. The van der Waals surface area contributed by atoms with Gasteiger partial charge in [0, 0.05) is 11.5 Å². The van der Waals surface area contributed by atoms with Crippen LogP contribution < -0.4 is 5.73 Å². The van der Waals surface area contributed by atoms with Crippen LogP contribution in [0.1, 0.15) is 90.9 Å². The molecule has 3 aliphatic rings. The molecule has 0 aromatic carbocycles. The maximum absolute atomic E-state index is 13.5. The van der Waals surface area contributed by atoms with Gasteiger partial charge >= 0.3 is 0 Å². The van der Waals surface area contributed by atoms with Crippen LogP contribution in [0.4, 0.5) is 0 Å². The van der Waals surface area contributed by atoms with E-state index in [1.165, 1.54) is 19.3 Å². The van der Waals surface area contributed by atoms with Crippen molar-refractivity contribution in [2.75, 3.05) is 5.75 Å². The van der Waals surface area contributed by atoms with Gasteiger partial charge < -0.3 is 10.8 Å². The molecule has 0 radical (unpaired) electrons. The molecule has 2 aliphatic carbocycles. The van der Waals surface area contributed by atoms with E-state index >= 15 is 0 Å². The number of fused-ring (bicyclic) bond motifs is 1. The number of sulfone groups is 1. The van der Waals surface area contributed by atoms with E-state index in [1.807, 2.05) is 0 Å². The van der Waals surface area contributed by atoms with Crippen molar-refractivity contribution in [1.29, 1.82) is 0 Å². The second-order valence-electron chi connectivity index (χ2n) is 9.82. The van der Waals surface area contributed by atoms with Gasteiger partial charge in [-0.3, -0.25) is 0 Å². The van der Waals surface area contributed by atoms with Crippen LogP contribution in [0.5, 0.6) is 0 Å². The van der Waals surface area contributed by atoms with Gasteiger partial charge in [0.05, 0.1) is 17.1 Å². The first-order chi connectivity index (χ1) is 12.8. The Morgan fingerprint density at radius 3 is 2.41 bits per heavy atom. The van der Waals surface area contributed by atoms with Gasteiger partial charge in [-0.15, -0.1) is 0 Å². The highest BCUT2D eigenvalue weighted by molar-refractivity contribution is 7.92. The highest BCUT2D eigenvalue weighted by Gasteiger charge is 2.56. The molecule has 0 bridgehead atoms. The van der Waals surface area contributed by atoms with Crippen LogP contribution >= 0.6 is 0 Å². The quantitative estimate of drug-likeness (QED) is 0.731. The highest BCUT2D eigenvalue weighted by atomic mass is 32.2. The van der Waals surface area contributed by atoms with E-state index in [4.69, 9.17) is 5.73 Å². The molecule has 5 heteroatoms. The Labute approximate surface area is 166 Å². The molecule has 1 saturated heterocycles. The largest absolute Gasteiger partial charge is 0.392 e.